The molecule has 2 rings (SSSR count). The predicted molar refractivity (Wildman–Crippen MR) is 68.0 cm³/mol. The zero-order chi connectivity index (χ0) is 14.0. The maximum Gasteiger partial charge on any atom is 0.419 e. The van der Waals surface area contributed by atoms with Crippen LogP contribution in [0.2, 0.25) is 0 Å². The van der Waals surface area contributed by atoms with E-state index in [1.807, 2.05) is 23.8 Å². The predicted octanol–water partition coefficient (Wildman–Crippen LogP) is 3.29. The summed E-state index contributed by atoms with van der Waals surface area (Å²) in [6.07, 6.45) is -1.88. The lowest BCUT2D eigenvalue weighted by molar-refractivity contribution is -0.137. The molecule has 2 atom stereocenters. The van der Waals surface area contributed by atoms with E-state index < -0.39 is 11.7 Å². The Hall–Kier alpha value is -1.34. The standard InChI is InChI=1S/C12H14F3N3S/c1-2-10(16)11(8-3-4-19-7-8)18-6-9(5-17-18)12(13,14)15/h3-7,10-11H,2,16H2,1H3. The molecule has 7 heteroatoms. The SMILES string of the molecule is CCC(N)C(c1ccsc1)n1cc(C(F)(F)F)cn1. The van der Waals surface area contributed by atoms with E-state index in [2.05, 4.69) is 5.10 Å². The number of thiophene rings is 1. The first-order chi connectivity index (χ1) is 8.93. The zero-order valence-electron chi connectivity index (χ0n) is 10.3. The van der Waals surface area contributed by atoms with Crippen molar-refractivity contribution in [2.24, 2.45) is 5.73 Å². The van der Waals surface area contributed by atoms with Crippen molar-refractivity contribution in [3.63, 3.8) is 0 Å². The van der Waals surface area contributed by atoms with E-state index in [1.165, 1.54) is 16.0 Å². The summed E-state index contributed by atoms with van der Waals surface area (Å²) < 4.78 is 39.1. The van der Waals surface area contributed by atoms with Crippen LogP contribution in [0.3, 0.4) is 0 Å². The average Bonchev–Trinajstić information content (AvgIpc) is 2.99. The van der Waals surface area contributed by atoms with E-state index >= 15 is 0 Å². The van der Waals surface area contributed by atoms with Crippen molar-refractivity contribution in [2.45, 2.75) is 31.6 Å². The molecule has 0 fully saturated rings. The number of aromatic nitrogens is 2. The molecule has 3 nitrogen and oxygen atoms in total. The van der Waals surface area contributed by atoms with E-state index in [-0.39, 0.29) is 12.1 Å². The van der Waals surface area contributed by atoms with Crippen LogP contribution < -0.4 is 5.73 Å². The molecule has 0 aromatic carbocycles. The van der Waals surface area contributed by atoms with Crippen LogP contribution >= 0.6 is 11.3 Å². The van der Waals surface area contributed by atoms with E-state index in [0.717, 1.165) is 18.0 Å². The zero-order valence-corrected chi connectivity index (χ0v) is 11.1. The Bertz CT molecular complexity index is 519. The lowest BCUT2D eigenvalue weighted by atomic mass is 10.0. The first-order valence-electron chi connectivity index (χ1n) is 5.82. The molecule has 104 valence electrons. The van der Waals surface area contributed by atoms with E-state index in [4.69, 9.17) is 5.73 Å². The van der Waals surface area contributed by atoms with Gasteiger partial charge >= 0.3 is 6.18 Å². The Kier molecular flexibility index (Phi) is 3.96. The van der Waals surface area contributed by atoms with Gasteiger partial charge in [0.25, 0.3) is 0 Å². The molecule has 0 aliphatic rings. The lowest BCUT2D eigenvalue weighted by Gasteiger charge is -2.22. The molecular weight excluding hydrogens is 275 g/mol. The molecule has 2 N–H and O–H groups in total. The maximum atomic E-state index is 12.6. The van der Waals surface area contributed by atoms with Crippen LogP contribution in [0, 0.1) is 0 Å². The van der Waals surface area contributed by atoms with Gasteiger partial charge in [-0.3, -0.25) is 4.68 Å². The van der Waals surface area contributed by atoms with Crippen LogP contribution in [-0.4, -0.2) is 15.8 Å². The van der Waals surface area contributed by atoms with Gasteiger partial charge in [-0.05, 0) is 28.8 Å². The third-order valence-corrected chi connectivity index (χ3v) is 3.68. The van der Waals surface area contributed by atoms with Gasteiger partial charge in [-0.2, -0.15) is 29.6 Å². The number of hydrogen-bond donors (Lipinski definition) is 1. The molecule has 0 radical (unpaired) electrons. The van der Waals surface area contributed by atoms with Gasteiger partial charge in [0.1, 0.15) is 0 Å². The fourth-order valence-corrected chi connectivity index (χ4v) is 2.59. The van der Waals surface area contributed by atoms with Crippen molar-refractivity contribution >= 4 is 11.3 Å². The summed E-state index contributed by atoms with van der Waals surface area (Å²) in [6.45, 7) is 1.90. The minimum atomic E-state index is -4.38. The Morgan fingerprint density at radius 2 is 2.21 bits per heavy atom. The van der Waals surface area contributed by atoms with Crippen molar-refractivity contribution in [3.05, 3.63) is 40.3 Å². The molecule has 0 aliphatic carbocycles. The lowest BCUT2D eigenvalue weighted by Crippen LogP contribution is -2.32. The van der Waals surface area contributed by atoms with Gasteiger partial charge in [0.15, 0.2) is 0 Å². The molecular formula is C12H14F3N3S. The average molecular weight is 289 g/mol. The second-order valence-corrected chi connectivity index (χ2v) is 5.06. The second kappa shape index (κ2) is 5.34. The molecule has 0 saturated carbocycles. The van der Waals surface area contributed by atoms with E-state index in [9.17, 15) is 13.2 Å². The fraction of sp³-hybridized carbons (Fsp3) is 0.417. The molecule has 19 heavy (non-hydrogen) atoms. The largest absolute Gasteiger partial charge is 0.419 e. The summed E-state index contributed by atoms with van der Waals surface area (Å²) in [5, 5.41) is 7.59. The van der Waals surface area contributed by atoms with Crippen LogP contribution in [0.1, 0.15) is 30.5 Å². The van der Waals surface area contributed by atoms with Gasteiger partial charge in [-0.25, -0.2) is 0 Å². The van der Waals surface area contributed by atoms with Crippen molar-refractivity contribution < 1.29 is 13.2 Å². The van der Waals surface area contributed by atoms with Gasteiger partial charge < -0.3 is 5.73 Å². The molecule has 2 aromatic heterocycles. The molecule has 2 unspecified atom stereocenters. The van der Waals surface area contributed by atoms with Gasteiger partial charge in [0, 0.05) is 12.2 Å². The highest BCUT2D eigenvalue weighted by molar-refractivity contribution is 7.07. The summed E-state index contributed by atoms with van der Waals surface area (Å²) in [5.41, 5.74) is 6.15. The highest BCUT2D eigenvalue weighted by atomic mass is 32.1. The van der Waals surface area contributed by atoms with Crippen LogP contribution in [-0.2, 0) is 6.18 Å². The number of hydrogen-bond acceptors (Lipinski definition) is 3. The van der Waals surface area contributed by atoms with E-state index in [0.29, 0.717) is 6.42 Å². The maximum absolute atomic E-state index is 12.6. The molecule has 2 aromatic rings. The van der Waals surface area contributed by atoms with Crippen molar-refractivity contribution in [2.75, 3.05) is 0 Å². The summed E-state index contributed by atoms with van der Waals surface area (Å²) in [7, 11) is 0. The van der Waals surface area contributed by atoms with E-state index in [1.54, 1.807) is 0 Å². The van der Waals surface area contributed by atoms with Crippen LogP contribution in [0.15, 0.2) is 29.2 Å². The first kappa shape index (κ1) is 14.1. The monoisotopic (exact) mass is 289 g/mol. The summed E-state index contributed by atoms with van der Waals surface area (Å²) in [4.78, 5) is 0. The minimum Gasteiger partial charge on any atom is -0.326 e. The van der Waals surface area contributed by atoms with Crippen LogP contribution in [0.25, 0.3) is 0 Å². The Morgan fingerprint density at radius 3 is 2.68 bits per heavy atom. The number of nitrogens with zero attached hydrogens (tertiary/aromatic N) is 2. The minimum absolute atomic E-state index is 0.282. The van der Waals surface area contributed by atoms with Gasteiger partial charge in [-0.15, -0.1) is 0 Å². The highest BCUT2D eigenvalue weighted by Crippen LogP contribution is 2.31. The molecule has 2 heterocycles. The molecule has 0 aliphatic heterocycles. The number of alkyl halides is 3. The Balaban J connectivity index is 2.37. The Labute approximate surface area is 112 Å². The van der Waals surface area contributed by atoms with Crippen LogP contribution in [0.4, 0.5) is 13.2 Å². The quantitative estimate of drug-likeness (QED) is 0.938. The summed E-state index contributed by atoms with van der Waals surface area (Å²) in [6, 6.07) is 1.21. The first-order valence-corrected chi connectivity index (χ1v) is 6.76. The molecule has 0 spiro atoms. The van der Waals surface area contributed by atoms with Crippen molar-refractivity contribution in [1.29, 1.82) is 0 Å². The smallest absolute Gasteiger partial charge is 0.326 e. The third-order valence-electron chi connectivity index (χ3n) is 2.98. The normalized spacial score (nSPS) is 15.4. The fourth-order valence-electron chi connectivity index (χ4n) is 1.90. The van der Waals surface area contributed by atoms with Crippen LogP contribution in [0.5, 0.6) is 0 Å². The molecule has 0 bridgehead atoms. The highest BCUT2D eigenvalue weighted by Gasteiger charge is 2.33. The van der Waals surface area contributed by atoms with Gasteiger partial charge in [-0.1, -0.05) is 6.92 Å². The summed E-state index contributed by atoms with van der Waals surface area (Å²) >= 11 is 1.48. The third kappa shape index (κ3) is 2.98. The van der Waals surface area contributed by atoms with Crippen molar-refractivity contribution in [3.8, 4) is 0 Å². The number of rotatable bonds is 4. The number of halogens is 3. The molecule has 0 saturated heterocycles. The Morgan fingerprint density at radius 1 is 1.47 bits per heavy atom. The summed E-state index contributed by atoms with van der Waals surface area (Å²) in [5.74, 6) is 0. The number of nitrogens with two attached hydrogens (primary N) is 1. The topological polar surface area (TPSA) is 43.8 Å². The second-order valence-electron chi connectivity index (χ2n) is 4.28. The molecule has 0 amide bonds. The van der Waals surface area contributed by atoms with Gasteiger partial charge in [0.2, 0.25) is 0 Å². The van der Waals surface area contributed by atoms with Crippen molar-refractivity contribution in [1.82, 2.24) is 9.78 Å². The van der Waals surface area contributed by atoms with Gasteiger partial charge in [0.05, 0.1) is 17.8 Å².